The molecule has 0 bridgehead atoms. The highest BCUT2D eigenvalue weighted by molar-refractivity contribution is 7.99. The van der Waals surface area contributed by atoms with E-state index in [1.807, 2.05) is 84.3 Å². The van der Waals surface area contributed by atoms with Crippen molar-refractivity contribution in [3.05, 3.63) is 89.3 Å². The van der Waals surface area contributed by atoms with Crippen LogP contribution in [0.4, 0.5) is 0 Å². The Morgan fingerprint density at radius 2 is 1.91 bits per heavy atom. The normalized spacial score (nSPS) is 11.8. The van der Waals surface area contributed by atoms with Crippen molar-refractivity contribution >= 4 is 41.6 Å². The zero-order chi connectivity index (χ0) is 23.0. The minimum Gasteiger partial charge on any atom is -0.465 e. The van der Waals surface area contributed by atoms with Crippen LogP contribution in [-0.2, 0) is 4.79 Å². The molecule has 0 saturated heterocycles. The topological polar surface area (TPSA) is 85.3 Å². The molecule has 0 atom stereocenters. The summed E-state index contributed by atoms with van der Waals surface area (Å²) >= 11 is 7.31. The van der Waals surface area contributed by atoms with Crippen LogP contribution in [-0.4, -0.2) is 32.6 Å². The van der Waals surface area contributed by atoms with Gasteiger partial charge in [-0.15, -0.1) is 10.2 Å². The maximum absolute atomic E-state index is 12.3. The Morgan fingerprint density at radius 3 is 2.64 bits per heavy atom. The van der Waals surface area contributed by atoms with Gasteiger partial charge in [0.05, 0.1) is 18.2 Å². The highest BCUT2D eigenvalue weighted by Crippen LogP contribution is 2.28. The Balaban J connectivity index is 1.46. The van der Waals surface area contributed by atoms with E-state index in [9.17, 15) is 4.79 Å². The summed E-state index contributed by atoms with van der Waals surface area (Å²) in [5.74, 6) is 1.26. The number of halogens is 1. The second-order valence-electron chi connectivity index (χ2n) is 6.97. The van der Waals surface area contributed by atoms with Crippen LogP contribution < -0.4 is 5.43 Å². The molecule has 2 aromatic heterocycles. The van der Waals surface area contributed by atoms with Gasteiger partial charge in [-0.05, 0) is 67.1 Å². The van der Waals surface area contributed by atoms with Crippen molar-refractivity contribution in [1.29, 1.82) is 0 Å². The van der Waals surface area contributed by atoms with Gasteiger partial charge in [-0.3, -0.25) is 9.36 Å². The number of hydrazone groups is 1. The first-order valence-electron chi connectivity index (χ1n) is 10.0. The number of benzene rings is 2. The van der Waals surface area contributed by atoms with Crippen molar-refractivity contribution in [2.45, 2.75) is 12.1 Å². The molecule has 0 saturated carbocycles. The number of hydrogen-bond donors (Lipinski definition) is 1. The average molecular weight is 478 g/mol. The van der Waals surface area contributed by atoms with E-state index in [2.05, 4.69) is 20.7 Å². The minimum absolute atomic E-state index is 0.129. The molecule has 0 radical (unpaired) electrons. The lowest BCUT2D eigenvalue weighted by molar-refractivity contribution is -0.118. The van der Waals surface area contributed by atoms with Crippen molar-refractivity contribution in [1.82, 2.24) is 20.2 Å². The number of furan rings is 1. The monoisotopic (exact) mass is 477 g/mol. The molecule has 0 unspecified atom stereocenters. The highest BCUT2D eigenvalue weighted by Gasteiger charge is 2.17. The smallest absolute Gasteiger partial charge is 0.250 e. The van der Waals surface area contributed by atoms with Gasteiger partial charge in [-0.2, -0.15) is 5.10 Å². The molecule has 0 fully saturated rings. The van der Waals surface area contributed by atoms with Crippen LogP contribution in [0.15, 0.2) is 93.2 Å². The Kier molecular flexibility index (Phi) is 7.39. The molecule has 9 heteroatoms. The van der Waals surface area contributed by atoms with Gasteiger partial charge in [0.15, 0.2) is 11.0 Å². The molecule has 2 aromatic carbocycles. The standard InChI is InChI=1S/C24H20ClN5O2S/c1-17(14-21-8-5-13-32-21)15-26-27-22(31)16-33-24-29-28-23(18-9-11-19(25)12-10-18)30(24)20-6-3-2-4-7-20/h2-15H,16H2,1H3,(H,27,31). The third-order valence-electron chi connectivity index (χ3n) is 4.45. The summed E-state index contributed by atoms with van der Waals surface area (Å²) in [6, 6.07) is 20.8. The second kappa shape index (κ2) is 10.8. The van der Waals surface area contributed by atoms with Crippen molar-refractivity contribution in [2.75, 3.05) is 5.75 Å². The Hall–Kier alpha value is -3.62. The zero-order valence-corrected chi connectivity index (χ0v) is 19.3. The first-order chi connectivity index (χ1) is 16.1. The summed E-state index contributed by atoms with van der Waals surface area (Å²) in [6.07, 6.45) is 4.99. The molecule has 1 N–H and O–H groups in total. The van der Waals surface area contributed by atoms with E-state index in [1.54, 1.807) is 12.5 Å². The number of para-hydroxylation sites is 1. The molecule has 7 nitrogen and oxygen atoms in total. The van der Waals surface area contributed by atoms with Crippen LogP contribution in [0, 0.1) is 0 Å². The van der Waals surface area contributed by atoms with Crippen molar-refractivity contribution < 1.29 is 9.21 Å². The number of thioether (sulfide) groups is 1. The molecule has 0 aliphatic carbocycles. The highest BCUT2D eigenvalue weighted by atomic mass is 35.5. The summed E-state index contributed by atoms with van der Waals surface area (Å²) in [6.45, 7) is 1.87. The van der Waals surface area contributed by atoms with Crippen LogP contribution in [0.2, 0.25) is 5.02 Å². The van der Waals surface area contributed by atoms with Gasteiger partial charge < -0.3 is 4.42 Å². The molecule has 4 rings (SSSR count). The van der Waals surface area contributed by atoms with E-state index < -0.39 is 0 Å². The van der Waals surface area contributed by atoms with E-state index in [1.165, 1.54) is 11.8 Å². The summed E-state index contributed by atoms with van der Waals surface area (Å²) in [4.78, 5) is 12.3. The summed E-state index contributed by atoms with van der Waals surface area (Å²) in [5, 5.41) is 13.9. The molecule has 0 aliphatic rings. The maximum Gasteiger partial charge on any atom is 0.250 e. The Morgan fingerprint density at radius 1 is 1.12 bits per heavy atom. The summed E-state index contributed by atoms with van der Waals surface area (Å²) in [7, 11) is 0. The maximum atomic E-state index is 12.3. The molecular formula is C24H20ClN5O2S. The van der Waals surface area contributed by atoms with E-state index in [0.717, 1.165) is 22.6 Å². The molecule has 33 heavy (non-hydrogen) atoms. The summed E-state index contributed by atoms with van der Waals surface area (Å²) < 4.78 is 7.17. The predicted octanol–water partition coefficient (Wildman–Crippen LogP) is 5.48. The Labute approximate surface area is 200 Å². The number of aromatic nitrogens is 3. The number of allylic oxidation sites excluding steroid dienone is 1. The quantitative estimate of drug-likeness (QED) is 0.206. The first kappa shape index (κ1) is 22.6. The van der Waals surface area contributed by atoms with Gasteiger partial charge in [0, 0.05) is 16.3 Å². The van der Waals surface area contributed by atoms with E-state index in [4.69, 9.17) is 16.0 Å². The van der Waals surface area contributed by atoms with Crippen LogP contribution in [0.5, 0.6) is 0 Å². The van der Waals surface area contributed by atoms with Gasteiger partial charge in [0.1, 0.15) is 5.76 Å². The van der Waals surface area contributed by atoms with Gasteiger partial charge in [-0.25, -0.2) is 5.43 Å². The third kappa shape index (κ3) is 6.00. The lowest BCUT2D eigenvalue weighted by Crippen LogP contribution is -2.20. The van der Waals surface area contributed by atoms with Crippen molar-refractivity contribution in [3.8, 4) is 17.1 Å². The minimum atomic E-state index is -0.252. The molecule has 4 aromatic rings. The van der Waals surface area contributed by atoms with E-state index in [-0.39, 0.29) is 11.7 Å². The number of amides is 1. The largest absolute Gasteiger partial charge is 0.465 e. The first-order valence-corrected chi connectivity index (χ1v) is 11.4. The number of nitrogens with zero attached hydrogens (tertiary/aromatic N) is 4. The Bertz CT molecular complexity index is 1270. The van der Waals surface area contributed by atoms with Crippen LogP contribution in [0.3, 0.4) is 0 Å². The van der Waals surface area contributed by atoms with Gasteiger partial charge in [0.2, 0.25) is 0 Å². The number of nitrogens with one attached hydrogen (secondary N) is 1. The van der Waals surface area contributed by atoms with E-state index >= 15 is 0 Å². The second-order valence-corrected chi connectivity index (χ2v) is 8.35. The fourth-order valence-electron chi connectivity index (χ4n) is 2.96. The molecule has 166 valence electrons. The molecule has 0 aliphatic heterocycles. The third-order valence-corrected chi connectivity index (χ3v) is 5.63. The lowest BCUT2D eigenvalue weighted by Gasteiger charge is -2.10. The predicted molar refractivity (Wildman–Crippen MR) is 132 cm³/mol. The zero-order valence-electron chi connectivity index (χ0n) is 17.7. The number of carbonyl (C=O) groups excluding carboxylic acids is 1. The molecular weight excluding hydrogens is 458 g/mol. The fraction of sp³-hybridized carbons (Fsp3) is 0.0833. The summed E-state index contributed by atoms with van der Waals surface area (Å²) in [5.41, 5.74) is 5.14. The van der Waals surface area contributed by atoms with Crippen molar-refractivity contribution in [2.24, 2.45) is 5.10 Å². The van der Waals surface area contributed by atoms with Gasteiger partial charge in [-0.1, -0.05) is 41.6 Å². The number of carbonyl (C=O) groups is 1. The molecule has 2 heterocycles. The van der Waals surface area contributed by atoms with Crippen LogP contribution >= 0.6 is 23.4 Å². The van der Waals surface area contributed by atoms with Gasteiger partial charge >= 0.3 is 0 Å². The number of rotatable bonds is 8. The van der Waals surface area contributed by atoms with Crippen LogP contribution in [0.25, 0.3) is 23.2 Å². The lowest BCUT2D eigenvalue weighted by atomic mass is 10.2. The van der Waals surface area contributed by atoms with Crippen LogP contribution in [0.1, 0.15) is 12.7 Å². The number of hydrogen-bond acceptors (Lipinski definition) is 6. The average Bonchev–Trinajstić information content (AvgIpc) is 3.49. The SMILES string of the molecule is CC(C=NNC(=O)CSc1nnc(-c2ccc(Cl)cc2)n1-c1ccccc1)=Cc1ccco1. The fourth-order valence-corrected chi connectivity index (χ4v) is 3.83. The van der Waals surface area contributed by atoms with E-state index in [0.29, 0.717) is 16.0 Å². The molecule has 0 spiro atoms. The van der Waals surface area contributed by atoms with Gasteiger partial charge in [0.25, 0.3) is 5.91 Å². The molecule has 1 amide bonds. The van der Waals surface area contributed by atoms with Crippen molar-refractivity contribution in [3.63, 3.8) is 0 Å².